The summed E-state index contributed by atoms with van der Waals surface area (Å²) in [5.74, 6) is -1.94. The second-order valence-electron chi connectivity index (χ2n) is 6.15. The molecule has 0 spiro atoms. The van der Waals surface area contributed by atoms with Crippen molar-refractivity contribution in [3.8, 4) is 11.5 Å². The van der Waals surface area contributed by atoms with Crippen molar-refractivity contribution in [2.75, 3.05) is 7.05 Å². The van der Waals surface area contributed by atoms with Crippen molar-refractivity contribution in [3.63, 3.8) is 0 Å². The summed E-state index contributed by atoms with van der Waals surface area (Å²) in [4.78, 5) is 24.8. The van der Waals surface area contributed by atoms with Gasteiger partial charge in [-0.25, -0.2) is 9.59 Å². The summed E-state index contributed by atoms with van der Waals surface area (Å²) in [6.45, 7) is 6.28. The van der Waals surface area contributed by atoms with Crippen molar-refractivity contribution < 1.29 is 29.6 Å². The molecule has 22 heavy (non-hydrogen) atoms. The van der Waals surface area contributed by atoms with Crippen LogP contribution in [0.15, 0.2) is 18.2 Å². The van der Waals surface area contributed by atoms with Crippen LogP contribution < -0.4 is 0 Å². The van der Waals surface area contributed by atoms with Gasteiger partial charge in [0.05, 0.1) is 0 Å². The number of aromatic hydroxyl groups is 2. The maximum atomic E-state index is 12.2. The molecule has 0 aliphatic rings. The summed E-state index contributed by atoms with van der Waals surface area (Å²) in [6, 6.07) is 3.42. The first-order valence-electron chi connectivity index (χ1n) is 6.61. The Hall–Kier alpha value is -2.44. The second kappa shape index (κ2) is 5.75. The van der Waals surface area contributed by atoms with Crippen molar-refractivity contribution in [2.45, 2.75) is 38.8 Å². The number of hydrogen-bond donors (Lipinski definition) is 3. The number of phenols is 2. The van der Waals surface area contributed by atoms with Gasteiger partial charge in [0.25, 0.3) is 0 Å². The van der Waals surface area contributed by atoms with Crippen LogP contribution in [0.4, 0.5) is 4.79 Å². The van der Waals surface area contributed by atoms with E-state index in [2.05, 4.69) is 0 Å². The van der Waals surface area contributed by atoms with E-state index in [0.29, 0.717) is 0 Å². The lowest BCUT2D eigenvalue weighted by molar-refractivity contribution is -0.150. The number of nitrogens with zero attached hydrogens (tertiary/aromatic N) is 1. The van der Waals surface area contributed by atoms with Gasteiger partial charge in [-0.2, -0.15) is 0 Å². The number of carboxylic acids is 1. The highest BCUT2D eigenvalue weighted by Crippen LogP contribution is 2.33. The predicted molar refractivity (Wildman–Crippen MR) is 78.8 cm³/mol. The van der Waals surface area contributed by atoms with Crippen LogP contribution >= 0.6 is 0 Å². The van der Waals surface area contributed by atoms with Crippen molar-refractivity contribution in [2.24, 2.45) is 0 Å². The Balaban J connectivity index is 3.31. The molecule has 1 aromatic carbocycles. The zero-order valence-corrected chi connectivity index (χ0v) is 13.2. The lowest BCUT2D eigenvalue weighted by atomic mass is 9.90. The first kappa shape index (κ1) is 17.6. The number of phenolic OH excluding ortho intramolecular Hbond substituents is 2. The van der Waals surface area contributed by atoms with Gasteiger partial charge in [0.2, 0.25) is 0 Å². The molecule has 0 radical (unpaired) electrons. The van der Waals surface area contributed by atoms with Crippen LogP contribution in [-0.2, 0) is 15.1 Å². The van der Waals surface area contributed by atoms with E-state index in [1.807, 2.05) is 0 Å². The molecule has 0 bridgehead atoms. The first-order chi connectivity index (χ1) is 9.87. The number of aliphatic carboxylic acids is 1. The number of ether oxygens (including phenoxy) is 1. The third-order valence-electron chi connectivity index (χ3n) is 3.22. The van der Waals surface area contributed by atoms with E-state index in [-0.39, 0.29) is 17.1 Å². The largest absolute Gasteiger partial charge is 0.508 e. The fourth-order valence-corrected chi connectivity index (χ4v) is 1.85. The Labute approximate surface area is 128 Å². The van der Waals surface area contributed by atoms with Crippen LogP contribution in [-0.4, -0.2) is 44.9 Å². The summed E-state index contributed by atoms with van der Waals surface area (Å²) >= 11 is 0. The highest BCUT2D eigenvalue weighted by Gasteiger charge is 2.44. The van der Waals surface area contributed by atoms with Gasteiger partial charge in [0, 0.05) is 13.1 Å². The van der Waals surface area contributed by atoms with Crippen molar-refractivity contribution in [3.05, 3.63) is 23.8 Å². The Morgan fingerprint density at radius 3 is 1.86 bits per heavy atom. The molecule has 1 unspecified atom stereocenters. The standard InChI is InChI=1S/C15H21NO6/c1-14(2,3)22-13(21)16(5)15(4,12(19)20)9-6-10(17)8-11(18)7-9/h6-8,17-18H,1-5H3,(H,19,20). The molecule has 122 valence electrons. The number of amides is 1. The lowest BCUT2D eigenvalue weighted by Gasteiger charge is -2.36. The van der Waals surface area contributed by atoms with Crippen LogP contribution in [0.5, 0.6) is 11.5 Å². The molecule has 1 amide bonds. The fraction of sp³-hybridized carbons (Fsp3) is 0.467. The van der Waals surface area contributed by atoms with Crippen LogP contribution in [0.1, 0.15) is 33.3 Å². The topological polar surface area (TPSA) is 107 Å². The number of hydrogen-bond acceptors (Lipinski definition) is 5. The summed E-state index contributed by atoms with van der Waals surface area (Å²) in [5.41, 5.74) is -2.56. The van der Waals surface area contributed by atoms with Crippen LogP contribution in [0.3, 0.4) is 0 Å². The number of rotatable bonds is 3. The third kappa shape index (κ3) is 3.60. The Kier molecular flexibility index (Phi) is 4.60. The molecule has 1 aromatic rings. The fourth-order valence-electron chi connectivity index (χ4n) is 1.85. The molecule has 0 heterocycles. The molecule has 0 aliphatic carbocycles. The minimum absolute atomic E-state index is 0.0471. The molecular formula is C15H21NO6. The van der Waals surface area contributed by atoms with E-state index in [1.165, 1.54) is 26.1 Å². The summed E-state index contributed by atoms with van der Waals surface area (Å²) in [5, 5.41) is 28.7. The average Bonchev–Trinajstić information content (AvgIpc) is 2.33. The monoisotopic (exact) mass is 311 g/mol. The minimum Gasteiger partial charge on any atom is -0.508 e. The Morgan fingerprint density at radius 2 is 1.50 bits per heavy atom. The van der Waals surface area contributed by atoms with Gasteiger partial charge in [0.15, 0.2) is 5.54 Å². The number of carbonyl (C=O) groups excluding carboxylic acids is 1. The molecule has 0 saturated carbocycles. The Morgan fingerprint density at radius 1 is 1.05 bits per heavy atom. The molecule has 1 atom stereocenters. The zero-order chi connectivity index (χ0) is 17.3. The van der Waals surface area contributed by atoms with Gasteiger partial charge in [-0.3, -0.25) is 4.90 Å². The first-order valence-corrected chi connectivity index (χ1v) is 6.61. The van der Waals surface area contributed by atoms with Crippen LogP contribution in [0.2, 0.25) is 0 Å². The molecule has 7 heteroatoms. The van der Waals surface area contributed by atoms with E-state index < -0.39 is 23.2 Å². The maximum absolute atomic E-state index is 12.2. The van der Waals surface area contributed by atoms with Crippen molar-refractivity contribution in [1.82, 2.24) is 4.90 Å². The number of carbonyl (C=O) groups is 2. The molecule has 7 nitrogen and oxygen atoms in total. The third-order valence-corrected chi connectivity index (χ3v) is 3.22. The van der Waals surface area contributed by atoms with E-state index in [4.69, 9.17) is 4.74 Å². The number of carboxylic acid groups (broad SMARTS) is 1. The van der Waals surface area contributed by atoms with Gasteiger partial charge in [-0.05, 0) is 45.4 Å². The molecule has 0 saturated heterocycles. The van der Waals surface area contributed by atoms with E-state index in [9.17, 15) is 24.9 Å². The normalized spacial score (nSPS) is 14.0. The van der Waals surface area contributed by atoms with Gasteiger partial charge in [0.1, 0.15) is 17.1 Å². The Bertz CT molecular complexity index is 572. The smallest absolute Gasteiger partial charge is 0.411 e. The van der Waals surface area contributed by atoms with E-state index >= 15 is 0 Å². The predicted octanol–water partition coefficient (Wildman–Crippen LogP) is 2.26. The molecule has 1 rings (SSSR count). The summed E-state index contributed by atoms with van der Waals surface area (Å²) in [7, 11) is 1.28. The van der Waals surface area contributed by atoms with Crippen LogP contribution in [0, 0.1) is 0 Å². The maximum Gasteiger partial charge on any atom is 0.411 e. The van der Waals surface area contributed by atoms with Gasteiger partial charge in [-0.15, -0.1) is 0 Å². The van der Waals surface area contributed by atoms with Gasteiger partial charge >= 0.3 is 12.1 Å². The SMILES string of the molecule is CN(C(=O)OC(C)(C)C)C(C)(C(=O)O)c1cc(O)cc(O)c1. The van der Waals surface area contributed by atoms with E-state index in [0.717, 1.165) is 11.0 Å². The second-order valence-corrected chi connectivity index (χ2v) is 6.15. The zero-order valence-electron chi connectivity index (χ0n) is 13.2. The highest BCUT2D eigenvalue weighted by atomic mass is 16.6. The molecule has 0 aromatic heterocycles. The number of likely N-dealkylation sites (N-methyl/N-ethyl adjacent to an activating group) is 1. The number of benzene rings is 1. The van der Waals surface area contributed by atoms with Gasteiger partial charge < -0.3 is 20.1 Å². The quantitative estimate of drug-likeness (QED) is 0.790. The van der Waals surface area contributed by atoms with E-state index in [1.54, 1.807) is 20.8 Å². The molecule has 3 N–H and O–H groups in total. The van der Waals surface area contributed by atoms with Crippen molar-refractivity contribution in [1.29, 1.82) is 0 Å². The average molecular weight is 311 g/mol. The highest BCUT2D eigenvalue weighted by molar-refractivity contribution is 5.85. The minimum atomic E-state index is -1.82. The van der Waals surface area contributed by atoms with Gasteiger partial charge in [-0.1, -0.05) is 0 Å². The molecular weight excluding hydrogens is 290 g/mol. The van der Waals surface area contributed by atoms with Crippen molar-refractivity contribution >= 4 is 12.1 Å². The molecule has 0 fully saturated rings. The molecule has 0 aliphatic heterocycles. The lowest BCUT2D eigenvalue weighted by Crippen LogP contribution is -2.51. The van der Waals surface area contributed by atoms with Crippen LogP contribution in [0.25, 0.3) is 0 Å². The summed E-state index contributed by atoms with van der Waals surface area (Å²) in [6.07, 6.45) is -0.833. The summed E-state index contributed by atoms with van der Waals surface area (Å²) < 4.78 is 5.18.